The highest BCUT2D eigenvalue weighted by Gasteiger charge is 2.22. The van der Waals surface area contributed by atoms with Crippen LogP contribution in [0, 0.1) is 0 Å². The normalized spacial score (nSPS) is 14.3. The van der Waals surface area contributed by atoms with Crippen molar-refractivity contribution >= 4 is 23.2 Å². The van der Waals surface area contributed by atoms with Gasteiger partial charge in [0.1, 0.15) is 0 Å². The molecule has 1 heterocycles. The van der Waals surface area contributed by atoms with Gasteiger partial charge in [-0.3, -0.25) is 9.59 Å². The largest absolute Gasteiger partial charge is 0.322 e. The third-order valence-electron chi connectivity index (χ3n) is 4.33. The number of amides is 2. The Morgan fingerprint density at radius 3 is 2.50 bits per heavy atom. The molecule has 1 fully saturated rings. The molecule has 24 heavy (non-hydrogen) atoms. The van der Waals surface area contributed by atoms with Crippen LogP contribution in [0.3, 0.4) is 0 Å². The number of nitrogens with one attached hydrogen (secondary N) is 1. The first-order valence-electron chi connectivity index (χ1n) is 8.36. The van der Waals surface area contributed by atoms with Gasteiger partial charge in [-0.05, 0) is 48.2 Å². The molecule has 0 bridgehead atoms. The summed E-state index contributed by atoms with van der Waals surface area (Å²) in [6.45, 7) is 5.00. The van der Waals surface area contributed by atoms with Crippen LogP contribution in [0.5, 0.6) is 0 Å². The van der Waals surface area contributed by atoms with Crippen LogP contribution >= 0.6 is 0 Å². The summed E-state index contributed by atoms with van der Waals surface area (Å²) in [7, 11) is 0. The molecule has 3 rings (SSSR count). The third-order valence-corrected chi connectivity index (χ3v) is 4.33. The van der Waals surface area contributed by atoms with Crippen molar-refractivity contribution in [1.29, 1.82) is 0 Å². The topological polar surface area (TPSA) is 49.4 Å². The Morgan fingerprint density at radius 1 is 1.12 bits per heavy atom. The van der Waals surface area contributed by atoms with Crippen molar-refractivity contribution in [2.45, 2.75) is 32.6 Å². The van der Waals surface area contributed by atoms with Crippen molar-refractivity contribution in [3.63, 3.8) is 0 Å². The molecule has 4 nitrogen and oxygen atoms in total. The van der Waals surface area contributed by atoms with E-state index < -0.39 is 0 Å². The molecular formula is C20H22N2O2. The van der Waals surface area contributed by atoms with Crippen LogP contribution in [-0.2, 0) is 4.79 Å². The molecule has 2 aromatic rings. The van der Waals surface area contributed by atoms with Gasteiger partial charge >= 0.3 is 0 Å². The molecule has 1 saturated heterocycles. The Bertz CT molecular complexity index is 750. The Hall–Kier alpha value is -2.62. The minimum absolute atomic E-state index is 0.122. The number of benzene rings is 2. The molecule has 1 N–H and O–H groups in total. The molecule has 0 radical (unpaired) electrons. The first kappa shape index (κ1) is 16.2. The fourth-order valence-corrected chi connectivity index (χ4v) is 2.89. The molecule has 2 amide bonds. The monoisotopic (exact) mass is 322 g/mol. The summed E-state index contributed by atoms with van der Waals surface area (Å²) < 4.78 is 0. The van der Waals surface area contributed by atoms with Crippen LogP contribution in [0.2, 0.25) is 0 Å². The van der Waals surface area contributed by atoms with E-state index in [4.69, 9.17) is 0 Å². The van der Waals surface area contributed by atoms with Crippen LogP contribution in [0.25, 0.3) is 0 Å². The minimum atomic E-state index is -0.166. The van der Waals surface area contributed by atoms with Gasteiger partial charge < -0.3 is 10.2 Å². The molecular weight excluding hydrogens is 300 g/mol. The summed E-state index contributed by atoms with van der Waals surface area (Å²) in [5, 5.41) is 2.91. The van der Waals surface area contributed by atoms with Gasteiger partial charge in [0.15, 0.2) is 0 Å². The fraction of sp³-hybridized carbons (Fsp3) is 0.300. The predicted octanol–water partition coefficient (Wildman–Crippen LogP) is 4.19. The lowest BCUT2D eigenvalue weighted by atomic mass is 10.0. The Morgan fingerprint density at radius 2 is 1.88 bits per heavy atom. The number of anilines is 2. The maximum atomic E-state index is 12.5. The number of carbonyl (C=O) groups excluding carboxylic acids is 2. The Labute approximate surface area is 142 Å². The van der Waals surface area contributed by atoms with Gasteiger partial charge in [-0.1, -0.05) is 32.0 Å². The lowest BCUT2D eigenvalue weighted by molar-refractivity contribution is -0.117. The molecule has 124 valence electrons. The molecule has 0 unspecified atom stereocenters. The second-order valence-corrected chi connectivity index (χ2v) is 6.43. The second-order valence-electron chi connectivity index (χ2n) is 6.43. The highest BCUT2D eigenvalue weighted by molar-refractivity contribution is 6.05. The summed E-state index contributed by atoms with van der Waals surface area (Å²) in [4.78, 5) is 26.1. The molecule has 0 aromatic heterocycles. The smallest absolute Gasteiger partial charge is 0.255 e. The van der Waals surface area contributed by atoms with Gasteiger partial charge in [0.05, 0.1) is 0 Å². The van der Waals surface area contributed by atoms with E-state index in [1.807, 2.05) is 36.4 Å². The molecule has 0 atom stereocenters. The van der Waals surface area contributed by atoms with E-state index in [1.165, 1.54) is 5.56 Å². The quantitative estimate of drug-likeness (QED) is 0.917. The van der Waals surface area contributed by atoms with Crippen LogP contribution in [0.4, 0.5) is 11.4 Å². The zero-order chi connectivity index (χ0) is 17.1. The van der Waals surface area contributed by atoms with Crippen molar-refractivity contribution in [3.8, 4) is 0 Å². The molecule has 4 heteroatoms. The van der Waals surface area contributed by atoms with E-state index in [0.717, 1.165) is 24.3 Å². The van der Waals surface area contributed by atoms with Gasteiger partial charge in [-0.2, -0.15) is 0 Å². The second kappa shape index (κ2) is 6.87. The van der Waals surface area contributed by atoms with Gasteiger partial charge in [-0.25, -0.2) is 0 Å². The van der Waals surface area contributed by atoms with E-state index in [-0.39, 0.29) is 11.8 Å². The minimum Gasteiger partial charge on any atom is -0.322 e. The summed E-state index contributed by atoms with van der Waals surface area (Å²) in [5.74, 6) is 0.419. The van der Waals surface area contributed by atoms with Crippen LogP contribution in [0.15, 0.2) is 48.5 Å². The van der Waals surface area contributed by atoms with E-state index >= 15 is 0 Å². The summed E-state index contributed by atoms with van der Waals surface area (Å²) >= 11 is 0. The van der Waals surface area contributed by atoms with Crippen LogP contribution in [-0.4, -0.2) is 18.4 Å². The Kier molecular flexibility index (Phi) is 4.65. The standard InChI is InChI=1S/C20H22N2O2/c1-14(2)15-8-10-17(11-9-15)21-20(24)16-5-3-6-18(13-16)22-12-4-7-19(22)23/h3,5-6,8-11,13-14H,4,7,12H2,1-2H3,(H,21,24). The van der Waals surface area contributed by atoms with Crippen molar-refractivity contribution in [2.75, 3.05) is 16.8 Å². The van der Waals surface area contributed by atoms with E-state index in [2.05, 4.69) is 19.2 Å². The molecule has 0 spiro atoms. The molecule has 1 aliphatic heterocycles. The first-order chi connectivity index (χ1) is 11.5. The van der Waals surface area contributed by atoms with E-state index in [0.29, 0.717) is 17.9 Å². The lowest BCUT2D eigenvalue weighted by Gasteiger charge is -2.16. The SMILES string of the molecule is CC(C)c1ccc(NC(=O)c2cccc(N3CCCC3=O)c2)cc1. The fourth-order valence-electron chi connectivity index (χ4n) is 2.89. The molecule has 0 aliphatic carbocycles. The molecule has 1 aliphatic rings. The van der Waals surface area contributed by atoms with Gasteiger partial charge in [-0.15, -0.1) is 0 Å². The van der Waals surface area contributed by atoms with Crippen molar-refractivity contribution in [3.05, 3.63) is 59.7 Å². The number of hydrogen-bond acceptors (Lipinski definition) is 2. The maximum absolute atomic E-state index is 12.5. The Balaban J connectivity index is 1.74. The van der Waals surface area contributed by atoms with Crippen molar-refractivity contribution < 1.29 is 9.59 Å². The summed E-state index contributed by atoms with van der Waals surface area (Å²) in [5.41, 5.74) is 3.36. The number of hydrogen-bond donors (Lipinski definition) is 1. The van der Waals surface area contributed by atoms with Crippen molar-refractivity contribution in [2.24, 2.45) is 0 Å². The van der Waals surface area contributed by atoms with Crippen LogP contribution < -0.4 is 10.2 Å². The van der Waals surface area contributed by atoms with E-state index in [1.54, 1.807) is 17.0 Å². The first-order valence-corrected chi connectivity index (χ1v) is 8.36. The third kappa shape index (κ3) is 3.48. The highest BCUT2D eigenvalue weighted by atomic mass is 16.2. The number of carbonyl (C=O) groups is 2. The maximum Gasteiger partial charge on any atom is 0.255 e. The number of nitrogens with zero attached hydrogens (tertiary/aromatic N) is 1. The van der Waals surface area contributed by atoms with E-state index in [9.17, 15) is 9.59 Å². The predicted molar refractivity (Wildman–Crippen MR) is 96.5 cm³/mol. The van der Waals surface area contributed by atoms with Crippen molar-refractivity contribution in [1.82, 2.24) is 0 Å². The van der Waals surface area contributed by atoms with Gasteiger partial charge in [0.25, 0.3) is 5.91 Å². The summed E-state index contributed by atoms with van der Waals surface area (Å²) in [6.07, 6.45) is 1.45. The molecule has 0 saturated carbocycles. The zero-order valence-corrected chi connectivity index (χ0v) is 14.1. The zero-order valence-electron chi connectivity index (χ0n) is 14.1. The average molecular weight is 322 g/mol. The average Bonchev–Trinajstić information content (AvgIpc) is 3.01. The highest BCUT2D eigenvalue weighted by Crippen LogP contribution is 2.23. The molecule has 2 aromatic carbocycles. The van der Waals surface area contributed by atoms with Crippen LogP contribution in [0.1, 0.15) is 48.5 Å². The lowest BCUT2D eigenvalue weighted by Crippen LogP contribution is -2.24. The number of rotatable bonds is 4. The van der Waals surface area contributed by atoms with Gasteiger partial charge in [0.2, 0.25) is 5.91 Å². The summed E-state index contributed by atoms with van der Waals surface area (Å²) in [6, 6.07) is 15.1. The van der Waals surface area contributed by atoms with Gasteiger partial charge in [0, 0.05) is 29.9 Å².